The van der Waals surface area contributed by atoms with Crippen molar-refractivity contribution in [1.82, 2.24) is 4.90 Å². The Hall–Kier alpha value is -2.47. The molecule has 2 amide bonds. The second-order valence-electron chi connectivity index (χ2n) is 8.94. The summed E-state index contributed by atoms with van der Waals surface area (Å²) in [5.41, 5.74) is 5.42. The first-order valence-electron chi connectivity index (χ1n) is 10.7. The molecule has 1 atom stereocenters. The number of amides is 2. The van der Waals surface area contributed by atoms with Gasteiger partial charge in [-0.15, -0.1) is 0 Å². The molecule has 2 N–H and O–H groups in total. The molecule has 184 valence electrons. The topological polar surface area (TPSA) is 91.1 Å². The fraction of sp³-hybridized carbons (Fsp3) is 0.417. The quantitative estimate of drug-likeness (QED) is 0.510. The van der Waals surface area contributed by atoms with Gasteiger partial charge in [-0.25, -0.2) is 13.6 Å². The van der Waals surface area contributed by atoms with Gasteiger partial charge in [-0.3, -0.25) is 4.79 Å². The number of halogens is 3. The van der Waals surface area contributed by atoms with Crippen LogP contribution in [0.1, 0.15) is 42.3 Å². The molecule has 1 fully saturated rings. The normalized spacial score (nSPS) is 16.3. The molecule has 10 heteroatoms. The maximum Gasteiger partial charge on any atom is 0.410 e. The van der Waals surface area contributed by atoms with E-state index in [0.717, 1.165) is 12.1 Å². The number of benzene rings is 2. The van der Waals surface area contributed by atoms with Crippen LogP contribution in [0.15, 0.2) is 30.3 Å². The maximum atomic E-state index is 14.4. The SMILES string of the molecule is CC(C)(C)OC(=O)N1CCOC(COc2cc(F)cc(Cc3ccc(I)cc3F)c2C(N)=O)C1. The minimum absolute atomic E-state index is 0.0286. The van der Waals surface area contributed by atoms with Crippen LogP contribution in [0.4, 0.5) is 13.6 Å². The van der Waals surface area contributed by atoms with Crippen LogP contribution in [0.5, 0.6) is 5.75 Å². The van der Waals surface area contributed by atoms with Gasteiger partial charge >= 0.3 is 6.09 Å². The molecule has 0 saturated carbocycles. The highest BCUT2D eigenvalue weighted by atomic mass is 127. The Labute approximate surface area is 210 Å². The Kier molecular flexibility index (Phi) is 8.34. The van der Waals surface area contributed by atoms with Crippen molar-refractivity contribution < 1.29 is 32.6 Å². The molecule has 7 nitrogen and oxygen atoms in total. The maximum absolute atomic E-state index is 14.4. The Bertz CT molecular complexity index is 1070. The minimum atomic E-state index is -0.823. The molecule has 1 heterocycles. The molecular formula is C24H27F2IN2O5. The van der Waals surface area contributed by atoms with E-state index >= 15 is 0 Å². The van der Waals surface area contributed by atoms with Crippen molar-refractivity contribution in [2.75, 3.05) is 26.3 Å². The van der Waals surface area contributed by atoms with Crippen molar-refractivity contribution in [1.29, 1.82) is 0 Å². The van der Waals surface area contributed by atoms with E-state index in [0.29, 0.717) is 15.7 Å². The van der Waals surface area contributed by atoms with Crippen LogP contribution in [0.2, 0.25) is 0 Å². The first-order chi connectivity index (χ1) is 15.9. The average Bonchev–Trinajstić information content (AvgIpc) is 2.72. The molecule has 1 saturated heterocycles. The first kappa shape index (κ1) is 26.1. The van der Waals surface area contributed by atoms with Gasteiger partial charge in [0.15, 0.2) is 0 Å². The molecule has 1 aliphatic heterocycles. The molecule has 0 spiro atoms. The van der Waals surface area contributed by atoms with E-state index in [4.69, 9.17) is 19.9 Å². The van der Waals surface area contributed by atoms with E-state index in [1.54, 1.807) is 32.9 Å². The molecule has 2 aromatic rings. The summed E-state index contributed by atoms with van der Waals surface area (Å²) < 4.78 is 46.3. The summed E-state index contributed by atoms with van der Waals surface area (Å²) in [5, 5.41) is 0. The van der Waals surface area contributed by atoms with Crippen LogP contribution in [0.3, 0.4) is 0 Å². The Morgan fingerprint density at radius 3 is 2.59 bits per heavy atom. The number of carbonyl (C=O) groups excluding carboxylic acids is 2. The van der Waals surface area contributed by atoms with Gasteiger partial charge in [-0.1, -0.05) is 6.07 Å². The lowest BCUT2D eigenvalue weighted by Crippen LogP contribution is -2.49. The summed E-state index contributed by atoms with van der Waals surface area (Å²) in [6.07, 6.45) is -1.03. The molecule has 0 aromatic heterocycles. The molecule has 2 aromatic carbocycles. The minimum Gasteiger partial charge on any atom is -0.490 e. The van der Waals surface area contributed by atoms with E-state index in [-0.39, 0.29) is 43.1 Å². The third-order valence-electron chi connectivity index (χ3n) is 5.01. The van der Waals surface area contributed by atoms with Gasteiger partial charge in [0.05, 0.1) is 18.7 Å². The number of nitrogens with two attached hydrogens (primary N) is 1. The van der Waals surface area contributed by atoms with E-state index in [2.05, 4.69) is 0 Å². The van der Waals surface area contributed by atoms with Gasteiger partial charge in [0, 0.05) is 22.6 Å². The van der Waals surface area contributed by atoms with Crippen LogP contribution in [-0.4, -0.2) is 54.9 Å². The van der Waals surface area contributed by atoms with E-state index < -0.39 is 35.3 Å². The van der Waals surface area contributed by atoms with Crippen LogP contribution in [0, 0.1) is 15.2 Å². The van der Waals surface area contributed by atoms with Crippen molar-refractivity contribution in [2.45, 2.75) is 38.9 Å². The fourth-order valence-electron chi connectivity index (χ4n) is 3.53. The van der Waals surface area contributed by atoms with E-state index in [1.165, 1.54) is 11.0 Å². The van der Waals surface area contributed by atoms with Gasteiger partial charge in [0.1, 0.15) is 35.7 Å². The molecular weight excluding hydrogens is 561 g/mol. The highest BCUT2D eigenvalue weighted by molar-refractivity contribution is 14.1. The number of primary amides is 1. The van der Waals surface area contributed by atoms with Gasteiger partial charge in [0.25, 0.3) is 5.91 Å². The highest BCUT2D eigenvalue weighted by Crippen LogP contribution is 2.28. The van der Waals surface area contributed by atoms with Crippen molar-refractivity contribution in [2.24, 2.45) is 5.73 Å². The van der Waals surface area contributed by atoms with Crippen molar-refractivity contribution in [3.63, 3.8) is 0 Å². The van der Waals surface area contributed by atoms with E-state index in [9.17, 15) is 18.4 Å². The van der Waals surface area contributed by atoms with E-state index in [1.807, 2.05) is 22.6 Å². The standard InChI is InChI=1S/C24H27F2IN2O5/c1-24(2,3)34-23(31)29-6-7-32-18(12-29)13-33-20-10-16(25)9-15(21(20)22(28)30)8-14-4-5-17(27)11-19(14)26/h4-5,9-11,18H,6-8,12-13H2,1-3H3,(H2,28,30). The Morgan fingerprint density at radius 2 is 1.94 bits per heavy atom. The van der Waals surface area contributed by atoms with Crippen molar-refractivity contribution in [3.05, 3.63) is 62.2 Å². The zero-order valence-corrected chi connectivity index (χ0v) is 21.4. The molecule has 0 aliphatic carbocycles. The Morgan fingerprint density at radius 1 is 1.21 bits per heavy atom. The van der Waals surface area contributed by atoms with Crippen LogP contribution in [0.25, 0.3) is 0 Å². The van der Waals surface area contributed by atoms with Gasteiger partial charge < -0.3 is 24.8 Å². The second kappa shape index (κ2) is 10.9. The number of nitrogens with zero attached hydrogens (tertiary/aromatic N) is 1. The van der Waals surface area contributed by atoms with Crippen LogP contribution < -0.4 is 10.5 Å². The highest BCUT2D eigenvalue weighted by Gasteiger charge is 2.29. The van der Waals surface area contributed by atoms with Crippen LogP contribution >= 0.6 is 22.6 Å². The Balaban J connectivity index is 1.76. The number of ether oxygens (including phenoxy) is 3. The third kappa shape index (κ3) is 7.02. The molecule has 1 unspecified atom stereocenters. The lowest BCUT2D eigenvalue weighted by molar-refractivity contribution is -0.0557. The zero-order valence-electron chi connectivity index (χ0n) is 19.2. The van der Waals surface area contributed by atoms with Gasteiger partial charge in [-0.2, -0.15) is 0 Å². The smallest absolute Gasteiger partial charge is 0.410 e. The second-order valence-corrected chi connectivity index (χ2v) is 10.2. The number of morpholine rings is 1. The first-order valence-corrected chi connectivity index (χ1v) is 11.8. The number of carbonyl (C=O) groups is 2. The predicted octanol–water partition coefficient (Wildman–Crippen LogP) is 4.27. The lowest BCUT2D eigenvalue weighted by Gasteiger charge is -2.34. The molecule has 0 radical (unpaired) electrons. The average molecular weight is 588 g/mol. The van der Waals surface area contributed by atoms with Crippen LogP contribution in [-0.2, 0) is 15.9 Å². The summed E-state index contributed by atoms with van der Waals surface area (Å²) >= 11 is 1.99. The molecule has 3 rings (SSSR count). The molecule has 34 heavy (non-hydrogen) atoms. The fourth-order valence-corrected chi connectivity index (χ4v) is 3.99. The molecule has 1 aliphatic rings. The van der Waals surface area contributed by atoms with Crippen molar-refractivity contribution >= 4 is 34.6 Å². The van der Waals surface area contributed by atoms with Crippen molar-refractivity contribution in [3.8, 4) is 5.75 Å². The third-order valence-corrected chi connectivity index (χ3v) is 5.68. The largest absolute Gasteiger partial charge is 0.490 e. The summed E-state index contributed by atoms with van der Waals surface area (Å²) in [7, 11) is 0. The molecule has 0 bridgehead atoms. The monoisotopic (exact) mass is 588 g/mol. The number of hydrogen-bond acceptors (Lipinski definition) is 5. The summed E-state index contributed by atoms with van der Waals surface area (Å²) in [6.45, 7) is 6.13. The number of rotatable bonds is 6. The predicted molar refractivity (Wildman–Crippen MR) is 130 cm³/mol. The summed E-state index contributed by atoms with van der Waals surface area (Å²) in [6, 6.07) is 6.85. The number of hydrogen-bond donors (Lipinski definition) is 1. The summed E-state index contributed by atoms with van der Waals surface area (Å²) in [5.74, 6) is -2.00. The zero-order chi connectivity index (χ0) is 25.0. The van der Waals surface area contributed by atoms with Gasteiger partial charge in [-0.05, 0) is 72.7 Å². The van der Waals surface area contributed by atoms with Gasteiger partial charge in [0.2, 0.25) is 0 Å². The summed E-state index contributed by atoms with van der Waals surface area (Å²) in [4.78, 5) is 26.1. The lowest BCUT2D eigenvalue weighted by atomic mass is 9.98.